The Balaban J connectivity index is 1.72. The number of alkyl halides is 1. The fourth-order valence-corrected chi connectivity index (χ4v) is 4.48. The van der Waals surface area contributed by atoms with E-state index in [2.05, 4.69) is 5.32 Å². The van der Waals surface area contributed by atoms with Crippen LogP contribution in [0.4, 0.5) is 4.79 Å². The number of methoxy groups -OCH3 is 1. The Morgan fingerprint density at radius 1 is 1.43 bits per heavy atom. The van der Waals surface area contributed by atoms with Crippen LogP contribution in [0.25, 0.3) is 0 Å². The number of hydrogen-bond acceptors (Lipinski definition) is 7. The Labute approximate surface area is 169 Å². The molecule has 2 N–H and O–H groups in total. The summed E-state index contributed by atoms with van der Waals surface area (Å²) in [5, 5.41) is 11.3. The first-order valence-corrected chi connectivity index (χ1v) is 10.0. The summed E-state index contributed by atoms with van der Waals surface area (Å²) in [5.41, 5.74) is 0.0832. The van der Waals surface area contributed by atoms with Crippen molar-refractivity contribution in [2.45, 2.75) is 62.6 Å². The first-order chi connectivity index (χ1) is 13.3. The quantitative estimate of drug-likeness (QED) is 0.367. The van der Waals surface area contributed by atoms with Crippen molar-refractivity contribution < 1.29 is 33.6 Å². The molecule has 1 aliphatic carbocycles. The van der Waals surface area contributed by atoms with Crippen LogP contribution >= 0.6 is 11.6 Å². The molecule has 2 saturated heterocycles. The van der Waals surface area contributed by atoms with Crippen LogP contribution in [0.5, 0.6) is 0 Å². The Hall–Kier alpha value is -1.19. The minimum absolute atomic E-state index is 0.0205. The van der Waals surface area contributed by atoms with Crippen molar-refractivity contribution in [1.82, 2.24) is 5.32 Å². The molecule has 1 saturated carbocycles. The Bertz CT molecular complexity index is 650. The van der Waals surface area contributed by atoms with Crippen LogP contribution in [0.1, 0.15) is 33.1 Å². The van der Waals surface area contributed by atoms with Crippen molar-refractivity contribution in [2.24, 2.45) is 5.92 Å². The predicted octanol–water partition coefficient (Wildman–Crippen LogP) is 1.53. The largest absolute Gasteiger partial charge is 0.443 e. The minimum Gasteiger partial charge on any atom is -0.443 e. The molecule has 3 aliphatic rings. The Kier molecular flexibility index (Phi) is 6.36. The van der Waals surface area contributed by atoms with Gasteiger partial charge < -0.3 is 24.1 Å². The molecule has 6 atom stereocenters. The number of aliphatic hydroxyl groups is 1. The van der Waals surface area contributed by atoms with Gasteiger partial charge in [-0.3, -0.25) is 10.1 Å². The summed E-state index contributed by atoms with van der Waals surface area (Å²) in [7, 11) is 1.58. The zero-order valence-electron chi connectivity index (χ0n) is 16.4. The molecule has 3 fully saturated rings. The third-order valence-corrected chi connectivity index (χ3v) is 6.29. The number of aliphatic hydroxyl groups excluding tert-OH is 1. The highest BCUT2D eigenvalue weighted by Gasteiger charge is 2.72. The average Bonchev–Trinajstić information content (AvgIpc) is 3.58. The fraction of sp³-hybridized carbons (Fsp3) is 0.789. The van der Waals surface area contributed by atoms with Crippen LogP contribution in [-0.4, -0.2) is 72.8 Å². The van der Waals surface area contributed by atoms with E-state index in [1.54, 1.807) is 7.11 Å². The highest BCUT2D eigenvalue weighted by molar-refractivity contribution is 6.28. The van der Waals surface area contributed by atoms with E-state index in [9.17, 15) is 14.7 Å². The van der Waals surface area contributed by atoms with Crippen LogP contribution in [0, 0.1) is 5.92 Å². The number of nitrogens with one attached hydrogen (secondary N) is 1. The number of hydrogen-bond donors (Lipinski definition) is 2. The molecule has 158 valence electrons. The summed E-state index contributed by atoms with van der Waals surface area (Å²) in [6.45, 7) is 4.54. The molecule has 2 amide bonds. The van der Waals surface area contributed by atoms with Gasteiger partial charge in [0.1, 0.15) is 29.3 Å². The van der Waals surface area contributed by atoms with E-state index < -0.39 is 29.8 Å². The fourth-order valence-electron chi connectivity index (χ4n) is 4.41. The van der Waals surface area contributed by atoms with Gasteiger partial charge in [0.2, 0.25) is 5.91 Å². The molecule has 9 heteroatoms. The van der Waals surface area contributed by atoms with Crippen molar-refractivity contribution in [3.05, 3.63) is 11.6 Å². The maximum atomic E-state index is 12.0. The van der Waals surface area contributed by atoms with E-state index in [4.69, 9.17) is 30.5 Å². The topological polar surface area (TPSA) is 110 Å². The molecular formula is C19H28ClNO7. The van der Waals surface area contributed by atoms with Crippen molar-refractivity contribution in [2.75, 3.05) is 26.2 Å². The molecule has 2 aliphatic heterocycles. The zero-order chi connectivity index (χ0) is 20.5. The molecule has 6 unspecified atom stereocenters. The van der Waals surface area contributed by atoms with Gasteiger partial charge in [0.25, 0.3) is 0 Å². The molecule has 0 aromatic rings. The van der Waals surface area contributed by atoms with E-state index in [0.717, 1.165) is 12.0 Å². The number of amides is 2. The first kappa shape index (κ1) is 21.5. The van der Waals surface area contributed by atoms with Crippen molar-refractivity contribution in [3.63, 3.8) is 0 Å². The number of carbonyl (C=O) groups excluding carboxylic acids is 2. The van der Waals surface area contributed by atoms with Crippen molar-refractivity contribution in [1.29, 1.82) is 0 Å². The van der Waals surface area contributed by atoms with Crippen LogP contribution in [0.15, 0.2) is 11.6 Å². The number of carbonyl (C=O) groups is 2. The molecule has 0 aromatic heterocycles. The highest BCUT2D eigenvalue weighted by atomic mass is 35.5. The van der Waals surface area contributed by atoms with Gasteiger partial charge >= 0.3 is 6.09 Å². The summed E-state index contributed by atoms with van der Waals surface area (Å²) < 4.78 is 23.1. The van der Waals surface area contributed by atoms with Crippen LogP contribution in [0.2, 0.25) is 0 Å². The van der Waals surface area contributed by atoms with Crippen LogP contribution in [0.3, 0.4) is 0 Å². The third kappa shape index (κ3) is 4.21. The van der Waals surface area contributed by atoms with Gasteiger partial charge in [0, 0.05) is 7.11 Å². The van der Waals surface area contributed by atoms with Crippen molar-refractivity contribution in [3.8, 4) is 0 Å². The zero-order valence-corrected chi connectivity index (χ0v) is 17.2. The number of imide groups is 1. The number of ether oxygens (including phenoxy) is 4. The maximum absolute atomic E-state index is 12.0. The SMILES string of the molecule is COC1C(OC(=O)NC(=O)CCl)CCC2(CO2)C1C1(C)OC1CC=C(C)CO. The second kappa shape index (κ2) is 8.28. The van der Waals surface area contributed by atoms with Gasteiger partial charge in [0.05, 0.1) is 25.2 Å². The van der Waals surface area contributed by atoms with E-state index in [1.165, 1.54) is 0 Å². The molecule has 1 spiro atoms. The first-order valence-electron chi connectivity index (χ1n) is 9.47. The Morgan fingerprint density at radius 3 is 2.71 bits per heavy atom. The van der Waals surface area contributed by atoms with E-state index in [1.807, 2.05) is 19.9 Å². The van der Waals surface area contributed by atoms with Crippen molar-refractivity contribution >= 4 is 23.6 Å². The van der Waals surface area contributed by atoms with Gasteiger partial charge in [-0.15, -0.1) is 11.6 Å². The molecular weight excluding hydrogens is 390 g/mol. The molecule has 0 radical (unpaired) electrons. The standard InChI is InChI=1S/C19H28ClNO7/c1-11(9-22)4-5-13-18(2,28-13)16-15(25-3)12(6-7-19(16)10-26-19)27-17(24)21-14(23)8-20/h4,12-13,15-16,22H,5-10H2,1-3H3,(H,21,23,24). The number of alkyl carbamates (subject to hydrolysis) is 1. The van der Waals surface area contributed by atoms with Crippen LogP contribution in [-0.2, 0) is 23.7 Å². The van der Waals surface area contributed by atoms with Gasteiger partial charge in [0.15, 0.2) is 0 Å². The van der Waals surface area contributed by atoms with E-state index >= 15 is 0 Å². The Morgan fingerprint density at radius 2 is 2.14 bits per heavy atom. The number of rotatable bonds is 7. The smallest absolute Gasteiger partial charge is 0.414 e. The maximum Gasteiger partial charge on any atom is 0.414 e. The summed E-state index contributed by atoms with van der Waals surface area (Å²) in [5.74, 6) is -1.05. The normalized spacial score (nSPS) is 39.5. The van der Waals surface area contributed by atoms with E-state index in [-0.39, 0.29) is 30.1 Å². The second-order valence-electron chi connectivity index (χ2n) is 7.93. The lowest BCUT2D eigenvalue weighted by molar-refractivity contribution is -0.124. The van der Waals surface area contributed by atoms with Gasteiger partial charge in [-0.2, -0.15) is 0 Å². The highest BCUT2D eigenvalue weighted by Crippen LogP contribution is 2.59. The van der Waals surface area contributed by atoms with Gasteiger partial charge in [-0.1, -0.05) is 11.6 Å². The molecule has 0 aromatic carbocycles. The van der Waals surface area contributed by atoms with Gasteiger partial charge in [-0.05, 0) is 33.1 Å². The predicted molar refractivity (Wildman–Crippen MR) is 100 cm³/mol. The molecule has 0 bridgehead atoms. The monoisotopic (exact) mass is 417 g/mol. The second-order valence-corrected chi connectivity index (χ2v) is 8.20. The lowest BCUT2D eigenvalue weighted by Gasteiger charge is -2.42. The summed E-state index contributed by atoms with van der Waals surface area (Å²) in [6.07, 6.45) is 2.14. The average molecular weight is 418 g/mol. The summed E-state index contributed by atoms with van der Waals surface area (Å²) >= 11 is 5.41. The summed E-state index contributed by atoms with van der Waals surface area (Å²) in [4.78, 5) is 23.3. The summed E-state index contributed by atoms with van der Waals surface area (Å²) in [6, 6.07) is 0. The molecule has 8 nitrogen and oxygen atoms in total. The molecule has 3 rings (SSSR count). The van der Waals surface area contributed by atoms with Crippen LogP contribution < -0.4 is 5.32 Å². The molecule has 28 heavy (non-hydrogen) atoms. The number of halogens is 1. The lowest BCUT2D eigenvalue weighted by atomic mass is 9.68. The van der Waals surface area contributed by atoms with Gasteiger partial charge in [-0.25, -0.2) is 4.79 Å². The lowest BCUT2D eigenvalue weighted by Crippen LogP contribution is -2.56. The third-order valence-electron chi connectivity index (χ3n) is 6.05. The number of epoxide rings is 2. The molecule has 2 heterocycles. The van der Waals surface area contributed by atoms with E-state index in [0.29, 0.717) is 19.4 Å². The minimum atomic E-state index is -0.830.